The molecule has 2 rings (SSSR count). The monoisotopic (exact) mass is 221 g/mol. The Bertz CT molecular complexity index is 422. The smallest absolute Gasteiger partial charge is 0.176 e. The topological polar surface area (TPSA) is 82.8 Å². The Morgan fingerprint density at radius 3 is 3.06 bits per heavy atom. The van der Waals surface area contributed by atoms with Gasteiger partial charge in [-0.15, -0.1) is 10.2 Å². The molecule has 0 aliphatic carbocycles. The molecule has 86 valence electrons. The van der Waals surface area contributed by atoms with Crippen LogP contribution >= 0.6 is 0 Å². The standard InChI is InChI=1S/C10H15N5O/c1-15-13-10(12-14-15)7-8(11)4-5-9-3-2-6-16-9/h2-3,6,8H,4-5,7,11H2,1H3. The first-order valence-electron chi connectivity index (χ1n) is 5.25. The van der Waals surface area contributed by atoms with Crippen molar-refractivity contribution in [2.45, 2.75) is 25.3 Å². The van der Waals surface area contributed by atoms with Gasteiger partial charge in [-0.25, -0.2) is 0 Å². The second-order valence-corrected chi connectivity index (χ2v) is 3.78. The number of furan rings is 1. The van der Waals surface area contributed by atoms with Crippen LogP contribution in [0.4, 0.5) is 0 Å². The molecule has 6 heteroatoms. The molecule has 0 saturated carbocycles. The average Bonchev–Trinajstić information content (AvgIpc) is 2.87. The lowest BCUT2D eigenvalue weighted by molar-refractivity contribution is 0.481. The van der Waals surface area contributed by atoms with Crippen molar-refractivity contribution in [1.29, 1.82) is 0 Å². The predicted molar refractivity (Wildman–Crippen MR) is 57.5 cm³/mol. The van der Waals surface area contributed by atoms with Crippen molar-refractivity contribution in [2.75, 3.05) is 0 Å². The molecule has 0 saturated heterocycles. The molecule has 0 aromatic carbocycles. The quantitative estimate of drug-likeness (QED) is 0.785. The lowest BCUT2D eigenvalue weighted by Crippen LogP contribution is -2.24. The van der Waals surface area contributed by atoms with Crippen molar-refractivity contribution in [3.8, 4) is 0 Å². The average molecular weight is 221 g/mol. The first-order valence-corrected chi connectivity index (χ1v) is 5.25. The highest BCUT2D eigenvalue weighted by atomic mass is 16.3. The Labute approximate surface area is 93.4 Å². The third-order valence-corrected chi connectivity index (χ3v) is 2.34. The van der Waals surface area contributed by atoms with Gasteiger partial charge in [0.05, 0.1) is 13.3 Å². The molecule has 16 heavy (non-hydrogen) atoms. The molecule has 0 radical (unpaired) electrons. The minimum atomic E-state index is 0.0364. The van der Waals surface area contributed by atoms with E-state index in [9.17, 15) is 0 Å². The maximum Gasteiger partial charge on any atom is 0.176 e. The molecule has 0 spiro atoms. The second-order valence-electron chi connectivity index (χ2n) is 3.78. The molecule has 1 unspecified atom stereocenters. The van der Waals surface area contributed by atoms with Crippen LogP contribution in [0.3, 0.4) is 0 Å². The van der Waals surface area contributed by atoms with Crippen LogP contribution in [-0.2, 0) is 19.9 Å². The molecule has 0 aliphatic heterocycles. The van der Waals surface area contributed by atoms with Gasteiger partial charge in [0.1, 0.15) is 5.76 Å². The van der Waals surface area contributed by atoms with E-state index in [1.807, 2.05) is 12.1 Å². The first-order chi connectivity index (χ1) is 7.74. The summed E-state index contributed by atoms with van der Waals surface area (Å²) in [6.45, 7) is 0. The van der Waals surface area contributed by atoms with E-state index in [4.69, 9.17) is 10.2 Å². The molecule has 2 aromatic rings. The number of rotatable bonds is 5. The van der Waals surface area contributed by atoms with Gasteiger partial charge >= 0.3 is 0 Å². The van der Waals surface area contributed by atoms with E-state index >= 15 is 0 Å². The molecule has 2 N–H and O–H groups in total. The van der Waals surface area contributed by atoms with Crippen molar-refractivity contribution in [2.24, 2.45) is 12.8 Å². The largest absolute Gasteiger partial charge is 0.469 e. The number of nitrogens with two attached hydrogens (primary N) is 1. The van der Waals surface area contributed by atoms with Gasteiger partial charge in [-0.3, -0.25) is 0 Å². The molecule has 0 amide bonds. The highest BCUT2D eigenvalue weighted by Gasteiger charge is 2.09. The summed E-state index contributed by atoms with van der Waals surface area (Å²) in [5.74, 6) is 1.65. The zero-order chi connectivity index (χ0) is 11.4. The first kappa shape index (κ1) is 10.8. The van der Waals surface area contributed by atoms with Crippen LogP contribution < -0.4 is 5.73 Å². The SMILES string of the molecule is Cn1nnc(CC(N)CCc2ccco2)n1. The van der Waals surface area contributed by atoms with E-state index in [-0.39, 0.29) is 6.04 Å². The maximum absolute atomic E-state index is 5.97. The summed E-state index contributed by atoms with van der Waals surface area (Å²) in [5.41, 5.74) is 5.97. The molecule has 0 aliphatic rings. The van der Waals surface area contributed by atoms with Crippen LogP contribution in [0.5, 0.6) is 0 Å². The van der Waals surface area contributed by atoms with E-state index in [0.717, 1.165) is 18.6 Å². The molecular formula is C10H15N5O. The van der Waals surface area contributed by atoms with E-state index < -0.39 is 0 Å². The minimum Gasteiger partial charge on any atom is -0.469 e. The van der Waals surface area contributed by atoms with Gasteiger partial charge < -0.3 is 10.2 Å². The summed E-state index contributed by atoms with van der Waals surface area (Å²) in [4.78, 5) is 1.44. The number of aromatic nitrogens is 4. The van der Waals surface area contributed by atoms with Gasteiger partial charge in [0.2, 0.25) is 0 Å². The van der Waals surface area contributed by atoms with Gasteiger partial charge in [0.15, 0.2) is 5.82 Å². The molecule has 2 aromatic heterocycles. The van der Waals surface area contributed by atoms with Crippen molar-refractivity contribution in [1.82, 2.24) is 20.2 Å². The van der Waals surface area contributed by atoms with Gasteiger partial charge in [-0.05, 0) is 23.8 Å². The Balaban J connectivity index is 1.78. The highest BCUT2D eigenvalue weighted by molar-refractivity contribution is 4.98. The maximum atomic E-state index is 5.97. The van der Waals surface area contributed by atoms with Crippen LogP contribution in [0, 0.1) is 0 Å². The van der Waals surface area contributed by atoms with Crippen LogP contribution in [0.1, 0.15) is 18.0 Å². The van der Waals surface area contributed by atoms with E-state index in [2.05, 4.69) is 15.4 Å². The third-order valence-electron chi connectivity index (χ3n) is 2.34. The van der Waals surface area contributed by atoms with Gasteiger partial charge in [0.25, 0.3) is 0 Å². The number of tetrazole rings is 1. The summed E-state index contributed by atoms with van der Waals surface area (Å²) in [6, 6.07) is 3.87. The van der Waals surface area contributed by atoms with Crippen molar-refractivity contribution >= 4 is 0 Å². The fourth-order valence-corrected chi connectivity index (χ4v) is 1.52. The van der Waals surface area contributed by atoms with Crippen molar-refractivity contribution in [3.63, 3.8) is 0 Å². The molecule has 6 nitrogen and oxygen atoms in total. The van der Waals surface area contributed by atoms with Crippen molar-refractivity contribution in [3.05, 3.63) is 30.0 Å². The van der Waals surface area contributed by atoms with Gasteiger partial charge in [-0.1, -0.05) is 0 Å². The second kappa shape index (κ2) is 4.89. The van der Waals surface area contributed by atoms with Gasteiger partial charge in [-0.2, -0.15) is 4.80 Å². The third kappa shape index (κ3) is 2.90. The van der Waals surface area contributed by atoms with E-state index in [1.54, 1.807) is 13.3 Å². The van der Waals surface area contributed by atoms with E-state index in [0.29, 0.717) is 12.2 Å². The highest BCUT2D eigenvalue weighted by Crippen LogP contribution is 2.06. The number of aryl methyl sites for hydroxylation is 2. The zero-order valence-electron chi connectivity index (χ0n) is 9.21. The van der Waals surface area contributed by atoms with Crippen LogP contribution in [-0.4, -0.2) is 26.2 Å². The Morgan fingerprint density at radius 2 is 2.44 bits per heavy atom. The van der Waals surface area contributed by atoms with Crippen LogP contribution in [0.15, 0.2) is 22.8 Å². The number of hydrogen-bond donors (Lipinski definition) is 1. The minimum absolute atomic E-state index is 0.0364. The molecule has 0 fully saturated rings. The lowest BCUT2D eigenvalue weighted by atomic mass is 10.1. The normalized spacial score (nSPS) is 12.9. The Morgan fingerprint density at radius 1 is 1.56 bits per heavy atom. The summed E-state index contributed by atoms with van der Waals surface area (Å²) in [6.07, 6.45) is 4.01. The fraction of sp³-hybridized carbons (Fsp3) is 0.500. The Kier molecular flexibility index (Phi) is 3.31. The van der Waals surface area contributed by atoms with Gasteiger partial charge in [0, 0.05) is 18.9 Å². The summed E-state index contributed by atoms with van der Waals surface area (Å²) in [7, 11) is 1.74. The zero-order valence-corrected chi connectivity index (χ0v) is 9.21. The Hall–Kier alpha value is -1.69. The number of hydrogen-bond acceptors (Lipinski definition) is 5. The molecular weight excluding hydrogens is 206 g/mol. The summed E-state index contributed by atoms with van der Waals surface area (Å²) < 4.78 is 5.23. The predicted octanol–water partition coefficient (Wildman–Crippen LogP) is 0.306. The van der Waals surface area contributed by atoms with Crippen LogP contribution in [0.2, 0.25) is 0 Å². The fourth-order valence-electron chi connectivity index (χ4n) is 1.52. The van der Waals surface area contributed by atoms with E-state index in [1.165, 1.54) is 4.80 Å². The van der Waals surface area contributed by atoms with Crippen LogP contribution in [0.25, 0.3) is 0 Å². The molecule has 2 heterocycles. The summed E-state index contributed by atoms with van der Waals surface area (Å²) in [5, 5.41) is 11.7. The lowest BCUT2D eigenvalue weighted by Gasteiger charge is -2.06. The van der Waals surface area contributed by atoms with Crippen molar-refractivity contribution < 1.29 is 4.42 Å². The summed E-state index contributed by atoms with van der Waals surface area (Å²) >= 11 is 0. The number of nitrogens with zero attached hydrogens (tertiary/aromatic N) is 4. The molecule has 0 bridgehead atoms. The molecule has 1 atom stereocenters.